The van der Waals surface area contributed by atoms with Gasteiger partial charge in [-0.1, -0.05) is 73.1 Å². The summed E-state index contributed by atoms with van der Waals surface area (Å²) in [6.45, 7) is 6.59. The SMILES string of the molecule is CCCNC(=O)[C@@H](Cc1ccccc1)N(Cc1cccc(Cl)c1)C(=O)COc1cccc(C)c1C. The molecular weight excluding hydrogens is 460 g/mol. The molecule has 6 heteroatoms. The molecule has 0 saturated carbocycles. The summed E-state index contributed by atoms with van der Waals surface area (Å²) in [6.07, 6.45) is 1.20. The summed E-state index contributed by atoms with van der Waals surface area (Å²) in [5, 5.41) is 3.56. The maximum Gasteiger partial charge on any atom is 0.261 e. The van der Waals surface area contributed by atoms with Gasteiger partial charge in [-0.25, -0.2) is 0 Å². The molecule has 1 N–H and O–H groups in total. The topological polar surface area (TPSA) is 58.6 Å². The molecule has 3 aromatic rings. The van der Waals surface area contributed by atoms with E-state index in [-0.39, 0.29) is 25.0 Å². The Morgan fingerprint density at radius 3 is 2.40 bits per heavy atom. The lowest BCUT2D eigenvalue weighted by Crippen LogP contribution is -2.51. The Morgan fingerprint density at radius 1 is 0.971 bits per heavy atom. The highest BCUT2D eigenvalue weighted by molar-refractivity contribution is 6.30. The molecule has 0 aromatic heterocycles. The molecule has 0 unspecified atom stereocenters. The second kappa shape index (κ2) is 13.0. The van der Waals surface area contributed by atoms with Crippen molar-refractivity contribution in [1.29, 1.82) is 0 Å². The van der Waals surface area contributed by atoms with Crippen molar-refractivity contribution < 1.29 is 14.3 Å². The van der Waals surface area contributed by atoms with E-state index in [1.807, 2.05) is 87.5 Å². The van der Waals surface area contributed by atoms with Crippen LogP contribution in [-0.2, 0) is 22.6 Å². The van der Waals surface area contributed by atoms with Crippen LogP contribution in [0.4, 0.5) is 0 Å². The highest BCUT2D eigenvalue weighted by Crippen LogP contribution is 2.22. The van der Waals surface area contributed by atoms with Gasteiger partial charge in [-0.05, 0) is 60.7 Å². The molecule has 0 aliphatic rings. The number of ether oxygens (including phenoxy) is 1. The van der Waals surface area contributed by atoms with E-state index in [1.165, 1.54) is 0 Å². The zero-order valence-corrected chi connectivity index (χ0v) is 21.3. The summed E-state index contributed by atoms with van der Waals surface area (Å²) in [4.78, 5) is 28.5. The van der Waals surface area contributed by atoms with Crippen molar-refractivity contribution in [2.24, 2.45) is 0 Å². The van der Waals surface area contributed by atoms with Crippen molar-refractivity contribution >= 4 is 23.4 Å². The van der Waals surface area contributed by atoms with Gasteiger partial charge in [0.15, 0.2) is 6.61 Å². The smallest absolute Gasteiger partial charge is 0.261 e. The fourth-order valence-electron chi connectivity index (χ4n) is 3.85. The van der Waals surface area contributed by atoms with Gasteiger partial charge in [-0.15, -0.1) is 0 Å². The van der Waals surface area contributed by atoms with E-state index in [0.717, 1.165) is 28.7 Å². The summed E-state index contributed by atoms with van der Waals surface area (Å²) >= 11 is 6.21. The van der Waals surface area contributed by atoms with Crippen LogP contribution in [0.3, 0.4) is 0 Å². The highest BCUT2D eigenvalue weighted by atomic mass is 35.5. The number of nitrogens with one attached hydrogen (secondary N) is 1. The average Bonchev–Trinajstić information content (AvgIpc) is 2.86. The molecule has 184 valence electrons. The Morgan fingerprint density at radius 2 is 1.69 bits per heavy atom. The van der Waals surface area contributed by atoms with Crippen LogP contribution in [0.15, 0.2) is 72.8 Å². The Balaban J connectivity index is 1.91. The van der Waals surface area contributed by atoms with Crippen LogP contribution < -0.4 is 10.1 Å². The first kappa shape index (κ1) is 26.3. The lowest BCUT2D eigenvalue weighted by molar-refractivity contribution is -0.142. The van der Waals surface area contributed by atoms with Crippen molar-refractivity contribution in [1.82, 2.24) is 10.2 Å². The molecule has 3 aromatic carbocycles. The van der Waals surface area contributed by atoms with Crippen LogP contribution in [0, 0.1) is 13.8 Å². The van der Waals surface area contributed by atoms with Gasteiger partial charge >= 0.3 is 0 Å². The predicted octanol–water partition coefficient (Wildman–Crippen LogP) is 5.50. The molecule has 2 amide bonds. The first-order valence-corrected chi connectivity index (χ1v) is 12.3. The van der Waals surface area contributed by atoms with Crippen molar-refractivity contribution in [3.05, 3.63) is 100 Å². The Bertz CT molecular complexity index is 1130. The van der Waals surface area contributed by atoms with Gasteiger partial charge in [-0.3, -0.25) is 9.59 Å². The number of hydrogen-bond acceptors (Lipinski definition) is 3. The Labute approximate surface area is 213 Å². The van der Waals surface area contributed by atoms with E-state index in [2.05, 4.69) is 5.32 Å². The molecule has 35 heavy (non-hydrogen) atoms. The van der Waals surface area contributed by atoms with E-state index < -0.39 is 6.04 Å². The molecule has 0 aliphatic heterocycles. The number of aryl methyl sites for hydroxylation is 1. The van der Waals surface area contributed by atoms with Gasteiger partial charge in [0, 0.05) is 24.5 Å². The first-order chi connectivity index (χ1) is 16.9. The van der Waals surface area contributed by atoms with Gasteiger partial charge in [-0.2, -0.15) is 0 Å². The van der Waals surface area contributed by atoms with Gasteiger partial charge in [0.25, 0.3) is 5.91 Å². The minimum absolute atomic E-state index is 0.169. The molecule has 1 atom stereocenters. The number of hydrogen-bond donors (Lipinski definition) is 1. The third-order valence-corrected chi connectivity index (χ3v) is 6.20. The van der Waals surface area contributed by atoms with Gasteiger partial charge in [0.05, 0.1) is 0 Å². The molecule has 0 heterocycles. The highest BCUT2D eigenvalue weighted by Gasteiger charge is 2.30. The van der Waals surface area contributed by atoms with E-state index >= 15 is 0 Å². The zero-order valence-electron chi connectivity index (χ0n) is 20.6. The van der Waals surface area contributed by atoms with Gasteiger partial charge in [0.2, 0.25) is 5.91 Å². The van der Waals surface area contributed by atoms with Gasteiger partial charge < -0.3 is 15.0 Å². The first-order valence-electron chi connectivity index (χ1n) is 11.9. The molecule has 0 bridgehead atoms. The fourth-order valence-corrected chi connectivity index (χ4v) is 4.07. The lowest BCUT2D eigenvalue weighted by atomic mass is 10.0. The average molecular weight is 493 g/mol. The summed E-state index contributed by atoms with van der Waals surface area (Å²) in [5.41, 5.74) is 3.90. The number of halogens is 1. The van der Waals surface area contributed by atoms with E-state index in [9.17, 15) is 9.59 Å². The Kier molecular flexibility index (Phi) is 9.74. The molecule has 0 spiro atoms. The molecular formula is C29H33ClN2O3. The zero-order chi connectivity index (χ0) is 25.2. The lowest BCUT2D eigenvalue weighted by Gasteiger charge is -2.31. The number of carbonyl (C=O) groups excluding carboxylic acids is 2. The van der Waals surface area contributed by atoms with Crippen molar-refractivity contribution in [2.75, 3.05) is 13.2 Å². The predicted molar refractivity (Wildman–Crippen MR) is 141 cm³/mol. The summed E-state index contributed by atoms with van der Waals surface area (Å²) in [5.74, 6) is 0.215. The molecule has 3 rings (SSSR count). The summed E-state index contributed by atoms with van der Waals surface area (Å²) < 4.78 is 5.93. The van der Waals surface area contributed by atoms with Crippen LogP contribution in [0.25, 0.3) is 0 Å². The van der Waals surface area contributed by atoms with E-state index in [1.54, 1.807) is 11.0 Å². The molecule has 0 saturated heterocycles. The number of nitrogens with zero attached hydrogens (tertiary/aromatic N) is 1. The van der Waals surface area contributed by atoms with Crippen molar-refractivity contribution in [3.8, 4) is 5.75 Å². The largest absolute Gasteiger partial charge is 0.483 e. The fraction of sp³-hybridized carbons (Fsp3) is 0.310. The quantitative estimate of drug-likeness (QED) is 0.384. The number of benzene rings is 3. The van der Waals surface area contributed by atoms with Crippen LogP contribution in [0.5, 0.6) is 5.75 Å². The maximum atomic E-state index is 13.6. The number of carbonyl (C=O) groups is 2. The van der Waals surface area contributed by atoms with E-state index in [4.69, 9.17) is 16.3 Å². The normalized spacial score (nSPS) is 11.5. The minimum atomic E-state index is -0.697. The monoisotopic (exact) mass is 492 g/mol. The standard InChI is InChI=1S/C29H33ClN2O3/c1-4-16-31-29(34)26(18-23-11-6-5-7-12-23)32(19-24-13-9-14-25(30)17-24)28(33)20-35-27-15-8-10-21(2)22(27)3/h5-15,17,26H,4,16,18-20H2,1-3H3,(H,31,34)/t26-/m1/s1. The molecule has 0 radical (unpaired) electrons. The van der Waals surface area contributed by atoms with Crippen molar-refractivity contribution in [3.63, 3.8) is 0 Å². The summed E-state index contributed by atoms with van der Waals surface area (Å²) in [7, 11) is 0. The van der Waals surface area contributed by atoms with E-state index in [0.29, 0.717) is 23.7 Å². The molecule has 0 aliphatic carbocycles. The number of amides is 2. The Hall–Kier alpha value is -3.31. The maximum absolute atomic E-state index is 13.6. The minimum Gasteiger partial charge on any atom is -0.483 e. The van der Waals surface area contributed by atoms with Crippen LogP contribution in [-0.4, -0.2) is 35.9 Å². The third-order valence-electron chi connectivity index (χ3n) is 5.97. The second-order valence-corrected chi connectivity index (χ2v) is 9.07. The van der Waals surface area contributed by atoms with Gasteiger partial charge in [0.1, 0.15) is 11.8 Å². The third kappa shape index (κ3) is 7.59. The number of rotatable bonds is 11. The van der Waals surface area contributed by atoms with Crippen molar-refractivity contribution in [2.45, 2.75) is 46.2 Å². The molecule has 0 fully saturated rings. The molecule has 5 nitrogen and oxygen atoms in total. The van der Waals surface area contributed by atoms with Crippen LogP contribution in [0.2, 0.25) is 5.02 Å². The van der Waals surface area contributed by atoms with Crippen LogP contribution >= 0.6 is 11.6 Å². The summed E-state index contributed by atoms with van der Waals surface area (Å²) in [6, 6.07) is 22.2. The van der Waals surface area contributed by atoms with Crippen LogP contribution in [0.1, 0.15) is 35.6 Å². The second-order valence-electron chi connectivity index (χ2n) is 8.63.